The van der Waals surface area contributed by atoms with Gasteiger partial charge >= 0.3 is 5.97 Å². The molecule has 6 nitrogen and oxygen atoms in total. The van der Waals surface area contributed by atoms with Gasteiger partial charge in [-0.15, -0.1) is 0 Å². The molecular weight excluding hydrogens is 390 g/mol. The SMILES string of the molecule is CCOC(=O)[C@@]12Cc3ccccc3[C@@H](CN(S(=O)(=O)c3ccc(C)cc3)C1)C2=O. The fourth-order valence-electron chi connectivity index (χ4n) is 4.36. The number of fused-ring (bicyclic) bond motifs is 4. The van der Waals surface area contributed by atoms with Crippen molar-refractivity contribution in [3.05, 3.63) is 65.2 Å². The summed E-state index contributed by atoms with van der Waals surface area (Å²) in [6.45, 7) is 3.51. The number of nitrogens with zero attached hydrogens (tertiary/aromatic N) is 1. The van der Waals surface area contributed by atoms with Crippen LogP contribution in [0.4, 0.5) is 0 Å². The van der Waals surface area contributed by atoms with Crippen LogP contribution in [0.5, 0.6) is 0 Å². The quantitative estimate of drug-likeness (QED) is 0.568. The van der Waals surface area contributed by atoms with Gasteiger partial charge in [-0.05, 0) is 43.5 Å². The van der Waals surface area contributed by atoms with E-state index in [1.165, 1.54) is 4.31 Å². The fraction of sp³-hybridized carbons (Fsp3) is 0.364. The zero-order valence-corrected chi connectivity index (χ0v) is 17.2. The highest BCUT2D eigenvalue weighted by atomic mass is 32.2. The van der Waals surface area contributed by atoms with Crippen LogP contribution in [0.1, 0.15) is 29.5 Å². The van der Waals surface area contributed by atoms with E-state index in [0.717, 1.165) is 16.7 Å². The van der Waals surface area contributed by atoms with Crippen LogP contribution in [0, 0.1) is 12.3 Å². The number of rotatable bonds is 4. The molecular formula is C22H23NO5S. The van der Waals surface area contributed by atoms with Crippen LogP contribution in [0.2, 0.25) is 0 Å². The van der Waals surface area contributed by atoms with E-state index in [1.54, 1.807) is 31.2 Å². The zero-order chi connectivity index (χ0) is 20.8. The highest BCUT2D eigenvalue weighted by molar-refractivity contribution is 7.89. The lowest BCUT2D eigenvalue weighted by Gasteiger charge is -2.46. The minimum absolute atomic E-state index is 0.0210. The first-order valence-corrected chi connectivity index (χ1v) is 11.1. The number of hydrogen-bond donors (Lipinski definition) is 0. The molecule has 2 atom stereocenters. The van der Waals surface area contributed by atoms with E-state index < -0.39 is 27.3 Å². The van der Waals surface area contributed by atoms with Gasteiger partial charge in [-0.3, -0.25) is 9.59 Å². The summed E-state index contributed by atoms with van der Waals surface area (Å²) >= 11 is 0. The molecule has 0 N–H and O–H groups in total. The maximum absolute atomic E-state index is 13.3. The first-order valence-electron chi connectivity index (χ1n) is 9.66. The minimum atomic E-state index is -3.86. The van der Waals surface area contributed by atoms with Crippen LogP contribution in [0.15, 0.2) is 53.4 Å². The Kier molecular flexibility index (Phi) is 4.83. The number of aryl methyl sites for hydroxylation is 1. The number of sulfonamides is 1. The van der Waals surface area contributed by atoms with Crippen LogP contribution in [-0.2, 0) is 30.8 Å². The number of Topliss-reactive ketones (excluding diaryl/α,β-unsaturated/α-hetero) is 1. The maximum atomic E-state index is 13.3. The number of carbonyl (C=O) groups excluding carboxylic acids is 2. The lowest BCUT2D eigenvalue weighted by Crippen LogP contribution is -2.61. The second-order valence-corrected chi connectivity index (χ2v) is 9.64. The summed E-state index contributed by atoms with van der Waals surface area (Å²) in [6, 6.07) is 14.0. The number of piperidine rings is 1. The lowest BCUT2D eigenvalue weighted by atomic mass is 9.63. The molecule has 152 valence electrons. The Bertz CT molecular complexity index is 1080. The number of ether oxygens (including phenoxy) is 1. The molecule has 0 aromatic heterocycles. The molecule has 2 bridgehead atoms. The van der Waals surface area contributed by atoms with Crippen molar-refractivity contribution in [1.82, 2.24) is 4.31 Å². The number of hydrogen-bond acceptors (Lipinski definition) is 5. The summed E-state index contributed by atoms with van der Waals surface area (Å²) in [5.41, 5.74) is 1.13. The molecule has 4 rings (SSSR count). The maximum Gasteiger partial charge on any atom is 0.321 e. The molecule has 1 saturated heterocycles. The second-order valence-electron chi connectivity index (χ2n) is 7.71. The average Bonchev–Trinajstić information content (AvgIpc) is 2.69. The molecule has 0 radical (unpaired) electrons. The Labute approximate surface area is 170 Å². The molecule has 1 aliphatic heterocycles. The van der Waals surface area contributed by atoms with E-state index in [2.05, 4.69) is 0 Å². The number of benzene rings is 2. The topological polar surface area (TPSA) is 80.8 Å². The van der Waals surface area contributed by atoms with Gasteiger partial charge in [0.2, 0.25) is 10.0 Å². The van der Waals surface area contributed by atoms with Crippen molar-refractivity contribution in [2.45, 2.75) is 31.1 Å². The van der Waals surface area contributed by atoms with E-state index in [9.17, 15) is 18.0 Å². The van der Waals surface area contributed by atoms with Crippen LogP contribution in [0.25, 0.3) is 0 Å². The largest absolute Gasteiger partial charge is 0.465 e. The van der Waals surface area contributed by atoms with Gasteiger partial charge in [0.25, 0.3) is 0 Å². The predicted molar refractivity (Wildman–Crippen MR) is 107 cm³/mol. The molecule has 0 spiro atoms. The number of ketones is 1. The van der Waals surface area contributed by atoms with Crippen LogP contribution >= 0.6 is 0 Å². The molecule has 0 saturated carbocycles. The second kappa shape index (κ2) is 7.07. The normalized spacial score (nSPS) is 24.1. The molecule has 2 aromatic carbocycles. The Hall–Kier alpha value is -2.51. The number of carbonyl (C=O) groups is 2. The monoisotopic (exact) mass is 413 g/mol. The molecule has 1 fully saturated rings. The van der Waals surface area contributed by atoms with Crippen molar-refractivity contribution in [1.29, 1.82) is 0 Å². The number of esters is 1. The highest BCUT2D eigenvalue weighted by Gasteiger charge is 2.59. The van der Waals surface area contributed by atoms with E-state index >= 15 is 0 Å². The van der Waals surface area contributed by atoms with Crippen LogP contribution in [0.3, 0.4) is 0 Å². The van der Waals surface area contributed by atoms with Crippen molar-refractivity contribution >= 4 is 21.8 Å². The van der Waals surface area contributed by atoms with E-state index in [4.69, 9.17) is 4.74 Å². The van der Waals surface area contributed by atoms with Crippen molar-refractivity contribution in [2.75, 3.05) is 19.7 Å². The van der Waals surface area contributed by atoms with Crippen LogP contribution in [-0.4, -0.2) is 44.2 Å². The molecule has 1 heterocycles. The van der Waals surface area contributed by atoms with E-state index in [0.29, 0.717) is 0 Å². The van der Waals surface area contributed by atoms with E-state index in [-0.39, 0.29) is 36.8 Å². The van der Waals surface area contributed by atoms with Gasteiger partial charge in [-0.2, -0.15) is 4.31 Å². The molecule has 2 aliphatic rings. The predicted octanol–water partition coefficient (Wildman–Crippen LogP) is 2.46. The third-order valence-electron chi connectivity index (χ3n) is 5.87. The summed E-state index contributed by atoms with van der Waals surface area (Å²) in [5, 5.41) is 0. The van der Waals surface area contributed by atoms with E-state index in [1.807, 2.05) is 31.2 Å². The average molecular weight is 413 g/mol. The highest BCUT2D eigenvalue weighted by Crippen LogP contribution is 2.46. The van der Waals surface area contributed by atoms with Crippen LogP contribution < -0.4 is 0 Å². The van der Waals surface area contributed by atoms with Crippen molar-refractivity contribution in [3.63, 3.8) is 0 Å². The Morgan fingerprint density at radius 3 is 2.55 bits per heavy atom. The zero-order valence-electron chi connectivity index (χ0n) is 16.4. The Morgan fingerprint density at radius 2 is 1.86 bits per heavy atom. The minimum Gasteiger partial charge on any atom is -0.465 e. The third-order valence-corrected chi connectivity index (χ3v) is 7.69. The summed E-state index contributed by atoms with van der Waals surface area (Å²) in [5.74, 6) is -1.57. The molecule has 2 aromatic rings. The van der Waals surface area contributed by atoms with Gasteiger partial charge in [0.1, 0.15) is 5.41 Å². The van der Waals surface area contributed by atoms with Gasteiger partial charge in [0.05, 0.1) is 17.4 Å². The fourth-order valence-corrected chi connectivity index (χ4v) is 5.87. The molecule has 0 amide bonds. The summed E-state index contributed by atoms with van der Waals surface area (Å²) in [4.78, 5) is 26.4. The van der Waals surface area contributed by atoms with Crippen molar-refractivity contribution in [2.24, 2.45) is 5.41 Å². The Morgan fingerprint density at radius 1 is 1.17 bits per heavy atom. The standard InChI is InChI=1S/C22H23NO5S/c1-3-28-21(25)22-12-16-6-4-5-7-18(16)19(20(22)24)13-23(14-22)29(26,27)17-10-8-15(2)9-11-17/h4-11,19H,3,12-14H2,1-2H3/t19-,22+/m1/s1. The molecule has 29 heavy (non-hydrogen) atoms. The third kappa shape index (κ3) is 3.09. The van der Waals surface area contributed by atoms with Gasteiger partial charge in [-0.25, -0.2) is 8.42 Å². The van der Waals surface area contributed by atoms with Gasteiger partial charge in [0.15, 0.2) is 5.78 Å². The lowest BCUT2D eigenvalue weighted by molar-refractivity contribution is -0.164. The van der Waals surface area contributed by atoms with Crippen molar-refractivity contribution in [3.8, 4) is 0 Å². The Balaban J connectivity index is 1.82. The summed E-state index contributed by atoms with van der Waals surface area (Å²) in [6.07, 6.45) is 0.150. The smallest absolute Gasteiger partial charge is 0.321 e. The van der Waals surface area contributed by atoms with Gasteiger partial charge in [-0.1, -0.05) is 42.0 Å². The molecule has 0 unspecified atom stereocenters. The first-order chi connectivity index (χ1) is 13.8. The van der Waals surface area contributed by atoms with Gasteiger partial charge < -0.3 is 4.74 Å². The van der Waals surface area contributed by atoms with Crippen molar-refractivity contribution < 1.29 is 22.7 Å². The van der Waals surface area contributed by atoms with Gasteiger partial charge in [0, 0.05) is 13.1 Å². The summed E-state index contributed by atoms with van der Waals surface area (Å²) in [7, 11) is -3.86. The molecule has 7 heteroatoms. The molecule has 1 aliphatic carbocycles. The summed E-state index contributed by atoms with van der Waals surface area (Å²) < 4.78 is 33.2. The first kappa shape index (κ1) is 19.8.